The van der Waals surface area contributed by atoms with Gasteiger partial charge in [-0.15, -0.1) is 0 Å². The average Bonchev–Trinajstić information content (AvgIpc) is 2.28. The molecule has 0 aliphatic rings. The molecule has 0 unspecified atom stereocenters. The van der Waals surface area contributed by atoms with Crippen molar-refractivity contribution in [2.45, 2.75) is 39.0 Å². The quantitative estimate of drug-likeness (QED) is 0.731. The van der Waals surface area contributed by atoms with E-state index >= 15 is 0 Å². The largest absolute Gasteiger partial charge is 0.263 e. The highest BCUT2D eigenvalue weighted by atomic mass is 14.6. The summed E-state index contributed by atoms with van der Waals surface area (Å²) >= 11 is 0. The standard InChI is InChI=1S/C12H16N2/c1-4-12(3,5-2)11-6-10(7-13)8-14-9-11/h6,8-9H,4-5H2,1-3H3. The number of rotatable bonds is 3. The van der Waals surface area contributed by atoms with E-state index in [0.717, 1.165) is 12.8 Å². The first-order chi connectivity index (χ1) is 6.66. The molecule has 0 aromatic carbocycles. The first kappa shape index (κ1) is 10.7. The molecular weight excluding hydrogens is 172 g/mol. The predicted octanol–water partition coefficient (Wildman–Crippen LogP) is 3.03. The Balaban J connectivity index is 3.12. The zero-order valence-electron chi connectivity index (χ0n) is 9.04. The highest BCUT2D eigenvalue weighted by Crippen LogP contribution is 2.30. The predicted molar refractivity (Wildman–Crippen MR) is 56.9 cm³/mol. The number of aromatic nitrogens is 1. The van der Waals surface area contributed by atoms with Gasteiger partial charge in [0.1, 0.15) is 6.07 Å². The van der Waals surface area contributed by atoms with E-state index in [9.17, 15) is 0 Å². The molecule has 0 radical (unpaired) electrons. The van der Waals surface area contributed by atoms with Crippen molar-refractivity contribution < 1.29 is 0 Å². The van der Waals surface area contributed by atoms with Gasteiger partial charge in [0.25, 0.3) is 0 Å². The fourth-order valence-corrected chi connectivity index (χ4v) is 1.49. The molecule has 0 bridgehead atoms. The number of hydrogen-bond acceptors (Lipinski definition) is 2. The van der Waals surface area contributed by atoms with Crippen LogP contribution < -0.4 is 0 Å². The summed E-state index contributed by atoms with van der Waals surface area (Å²) in [6, 6.07) is 4.07. The van der Waals surface area contributed by atoms with Gasteiger partial charge in [0.05, 0.1) is 5.56 Å². The molecule has 0 saturated heterocycles. The maximum absolute atomic E-state index is 8.78. The lowest BCUT2D eigenvalue weighted by molar-refractivity contribution is 0.437. The van der Waals surface area contributed by atoms with Gasteiger partial charge in [0.2, 0.25) is 0 Å². The SMILES string of the molecule is CCC(C)(CC)c1cncc(C#N)c1. The highest BCUT2D eigenvalue weighted by molar-refractivity contribution is 5.32. The molecule has 1 rings (SSSR count). The molecule has 1 aromatic rings. The number of hydrogen-bond donors (Lipinski definition) is 0. The minimum absolute atomic E-state index is 0.153. The van der Waals surface area contributed by atoms with Crippen molar-refractivity contribution in [3.05, 3.63) is 29.6 Å². The van der Waals surface area contributed by atoms with Gasteiger partial charge in [-0.05, 0) is 29.9 Å². The third kappa shape index (κ3) is 1.93. The molecule has 74 valence electrons. The molecule has 0 saturated carbocycles. The van der Waals surface area contributed by atoms with Crippen molar-refractivity contribution in [1.29, 1.82) is 5.26 Å². The lowest BCUT2D eigenvalue weighted by atomic mass is 9.78. The maximum atomic E-state index is 8.78. The van der Waals surface area contributed by atoms with Crippen molar-refractivity contribution in [3.63, 3.8) is 0 Å². The molecule has 0 fully saturated rings. The fourth-order valence-electron chi connectivity index (χ4n) is 1.49. The summed E-state index contributed by atoms with van der Waals surface area (Å²) in [5, 5.41) is 8.78. The van der Waals surface area contributed by atoms with E-state index in [1.807, 2.05) is 12.3 Å². The summed E-state index contributed by atoms with van der Waals surface area (Å²) in [5.41, 5.74) is 1.97. The topological polar surface area (TPSA) is 36.7 Å². The van der Waals surface area contributed by atoms with E-state index < -0.39 is 0 Å². The van der Waals surface area contributed by atoms with Crippen LogP contribution in [0.25, 0.3) is 0 Å². The summed E-state index contributed by atoms with van der Waals surface area (Å²) in [5.74, 6) is 0. The molecule has 1 aromatic heterocycles. The molecule has 2 nitrogen and oxygen atoms in total. The van der Waals surface area contributed by atoms with Gasteiger partial charge in [-0.25, -0.2) is 0 Å². The third-order valence-electron chi connectivity index (χ3n) is 3.12. The Bertz CT molecular complexity index is 346. The summed E-state index contributed by atoms with van der Waals surface area (Å²) in [4.78, 5) is 4.09. The summed E-state index contributed by atoms with van der Waals surface area (Å²) in [7, 11) is 0. The second kappa shape index (κ2) is 4.23. The minimum atomic E-state index is 0.153. The number of pyridine rings is 1. The van der Waals surface area contributed by atoms with Crippen LogP contribution in [-0.4, -0.2) is 4.98 Å². The van der Waals surface area contributed by atoms with Gasteiger partial charge in [-0.3, -0.25) is 4.98 Å². The summed E-state index contributed by atoms with van der Waals surface area (Å²) < 4.78 is 0. The molecule has 0 aliphatic heterocycles. The molecular formula is C12H16N2. The molecule has 0 aliphatic carbocycles. The Morgan fingerprint density at radius 2 is 2.00 bits per heavy atom. The second-order valence-electron chi connectivity index (χ2n) is 3.84. The van der Waals surface area contributed by atoms with Crippen molar-refractivity contribution in [1.82, 2.24) is 4.98 Å². The second-order valence-corrected chi connectivity index (χ2v) is 3.84. The smallest absolute Gasteiger partial charge is 0.101 e. The average molecular weight is 188 g/mol. The highest BCUT2D eigenvalue weighted by Gasteiger charge is 2.22. The molecule has 0 N–H and O–H groups in total. The zero-order chi connectivity index (χ0) is 10.6. The van der Waals surface area contributed by atoms with Crippen molar-refractivity contribution in [2.24, 2.45) is 0 Å². The van der Waals surface area contributed by atoms with E-state index in [1.165, 1.54) is 5.56 Å². The Kier molecular flexibility index (Phi) is 3.24. The van der Waals surface area contributed by atoms with Crippen LogP contribution in [0.5, 0.6) is 0 Å². The molecule has 1 heterocycles. The minimum Gasteiger partial charge on any atom is -0.263 e. The monoisotopic (exact) mass is 188 g/mol. The maximum Gasteiger partial charge on any atom is 0.101 e. The first-order valence-corrected chi connectivity index (χ1v) is 5.02. The molecule has 0 spiro atoms. The summed E-state index contributed by atoms with van der Waals surface area (Å²) in [6.45, 7) is 6.55. The van der Waals surface area contributed by atoms with Crippen LogP contribution in [0, 0.1) is 11.3 Å². The van der Waals surface area contributed by atoms with E-state index in [1.54, 1.807) is 6.20 Å². The molecule has 0 amide bonds. The third-order valence-corrected chi connectivity index (χ3v) is 3.12. The lowest BCUT2D eigenvalue weighted by Crippen LogP contribution is -2.19. The van der Waals surface area contributed by atoms with Crippen LogP contribution in [0.15, 0.2) is 18.5 Å². The van der Waals surface area contributed by atoms with Crippen LogP contribution in [-0.2, 0) is 5.41 Å². The summed E-state index contributed by atoms with van der Waals surface area (Å²) in [6.07, 6.45) is 5.61. The zero-order valence-corrected chi connectivity index (χ0v) is 9.04. The Hall–Kier alpha value is -1.36. The van der Waals surface area contributed by atoms with Crippen molar-refractivity contribution in [3.8, 4) is 6.07 Å². The number of nitrogens with zero attached hydrogens (tertiary/aromatic N) is 2. The molecule has 0 atom stereocenters. The van der Waals surface area contributed by atoms with Gasteiger partial charge < -0.3 is 0 Å². The van der Waals surface area contributed by atoms with Crippen molar-refractivity contribution in [2.75, 3.05) is 0 Å². The Morgan fingerprint density at radius 3 is 2.50 bits per heavy atom. The van der Waals surface area contributed by atoms with Crippen molar-refractivity contribution >= 4 is 0 Å². The van der Waals surface area contributed by atoms with Crippen LogP contribution in [0.4, 0.5) is 0 Å². The Labute approximate surface area is 85.6 Å². The number of nitriles is 1. The van der Waals surface area contributed by atoms with Crippen LogP contribution in [0.2, 0.25) is 0 Å². The van der Waals surface area contributed by atoms with Crippen LogP contribution in [0.3, 0.4) is 0 Å². The van der Waals surface area contributed by atoms with E-state index in [4.69, 9.17) is 5.26 Å². The molecule has 14 heavy (non-hydrogen) atoms. The van der Waals surface area contributed by atoms with Gasteiger partial charge in [-0.2, -0.15) is 5.26 Å². The molecule has 2 heteroatoms. The first-order valence-electron chi connectivity index (χ1n) is 5.02. The van der Waals surface area contributed by atoms with E-state index in [2.05, 4.69) is 31.8 Å². The Morgan fingerprint density at radius 1 is 1.36 bits per heavy atom. The van der Waals surface area contributed by atoms with E-state index in [0.29, 0.717) is 5.56 Å². The van der Waals surface area contributed by atoms with E-state index in [-0.39, 0.29) is 5.41 Å². The van der Waals surface area contributed by atoms with Gasteiger partial charge in [-0.1, -0.05) is 20.8 Å². The van der Waals surface area contributed by atoms with Gasteiger partial charge in [0, 0.05) is 12.4 Å². The van der Waals surface area contributed by atoms with Gasteiger partial charge in [0.15, 0.2) is 0 Å². The normalized spacial score (nSPS) is 11.0. The van der Waals surface area contributed by atoms with Crippen LogP contribution >= 0.6 is 0 Å². The fraction of sp³-hybridized carbons (Fsp3) is 0.500. The lowest BCUT2D eigenvalue weighted by Gasteiger charge is -2.26. The van der Waals surface area contributed by atoms with Crippen LogP contribution in [0.1, 0.15) is 44.7 Å². The van der Waals surface area contributed by atoms with Gasteiger partial charge >= 0.3 is 0 Å².